The molecular weight excluding hydrogens is 256 g/mol. The number of fused-ring (bicyclic) bond motifs is 1. The normalized spacial score (nSPS) is 19.1. The fraction of sp³-hybridized carbons (Fsp3) is 0.467. The predicted molar refractivity (Wildman–Crippen MR) is 73.8 cm³/mol. The van der Waals surface area contributed by atoms with Crippen molar-refractivity contribution in [2.24, 2.45) is 5.92 Å². The maximum Gasteiger partial charge on any atom is 0.355 e. The molecule has 5 nitrogen and oxygen atoms in total. The van der Waals surface area contributed by atoms with Crippen molar-refractivity contribution in [2.45, 2.75) is 19.3 Å². The van der Waals surface area contributed by atoms with Crippen LogP contribution in [0, 0.1) is 5.92 Å². The van der Waals surface area contributed by atoms with Gasteiger partial charge in [-0.05, 0) is 30.9 Å². The summed E-state index contributed by atoms with van der Waals surface area (Å²) >= 11 is 0. The quantitative estimate of drug-likeness (QED) is 0.804. The molecular formula is C15H18N2O3. The topological polar surface area (TPSA) is 52.8 Å². The van der Waals surface area contributed by atoms with Crippen LogP contribution >= 0.6 is 0 Å². The Morgan fingerprint density at radius 1 is 1.55 bits per heavy atom. The Hall–Kier alpha value is -1.88. The van der Waals surface area contributed by atoms with Gasteiger partial charge in [0.1, 0.15) is 11.5 Å². The van der Waals surface area contributed by atoms with Crippen molar-refractivity contribution < 1.29 is 14.3 Å². The van der Waals surface area contributed by atoms with Crippen molar-refractivity contribution in [2.75, 3.05) is 20.3 Å². The molecule has 2 aromatic heterocycles. The smallest absolute Gasteiger partial charge is 0.355 e. The molecule has 1 unspecified atom stereocenters. The van der Waals surface area contributed by atoms with E-state index in [0.717, 1.165) is 43.8 Å². The van der Waals surface area contributed by atoms with Crippen LogP contribution in [0.4, 0.5) is 0 Å². The number of nitrogens with zero attached hydrogens (tertiary/aromatic N) is 2. The van der Waals surface area contributed by atoms with E-state index in [9.17, 15) is 4.79 Å². The van der Waals surface area contributed by atoms with Gasteiger partial charge in [-0.3, -0.25) is 4.40 Å². The van der Waals surface area contributed by atoms with Crippen LogP contribution < -0.4 is 0 Å². The van der Waals surface area contributed by atoms with Crippen LogP contribution in [0.1, 0.15) is 29.2 Å². The van der Waals surface area contributed by atoms with Crippen LogP contribution in [-0.2, 0) is 15.9 Å². The van der Waals surface area contributed by atoms with Crippen molar-refractivity contribution in [3.8, 4) is 0 Å². The summed E-state index contributed by atoms with van der Waals surface area (Å²) in [6, 6.07) is 5.55. The van der Waals surface area contributed by atoms with Gasteiger partial charge in [-0.25, -0.2) is 9.78 Å². The number of hydrogen-bond donors (Lipinski definition) is 0. The monoisotopic (exact) mass is 274 g/mol. The summed E-state index contributed by atoms with van der Waals surface area (Å²) in [5.41, 5.74) is 1.44. The van der Waals surface area contributed by atoms with E-state index >= 15 is 0 Å². The molecule has 1 aliphatic rings. The summed E-state index contributed by atoms with van der Waals surface area (Å²) in [6.45, 7) is 1.63. The Morgan fingerprint density at radius 2 is 2.45 bits per heavy atom. The Kier molecular flexibility index (Phi) is 3.69. The molecule has 1 fully saturated rings. The second kappa shape index (κ2) is 5.63. The van der Waals surface area contributed by atoms with Crippen molar-refractivity contribution in [3.05, 3.63) is 35.9 Å². The number of aromatic nitrogens is 2. The summed E-state index contributed by atoms with van der Waals surface area (Å²) in [6.07, 6.45) is 4.86. The predicted octanol–water partition coefficient (Wildman–Crippen LogP) is 2.09. The van der Waals surface area contributed by atoms with Crippen molar-refractivity contribution in [3.63, 3.8) is 0 Å². The molecule has 1 saturated heterocycles. The first kappa shape index (κ1) is 13.1. The number of methoxy groups -OCH3 is 1. The van der Waals surface area contributed by atoms with Gasteiger partial charge in [-0.15, -0.1) is 0 Å². The Bertz CT molecular complexity index is 615. The molecule has 0 spiro atoms. The van der Waals surface area contributed by atoms with Crippen LogP contribution in [0.3, 0.4) is 0 Å². The third kappa shape index (κ3) is 2.41. The van der Waals surface area contributed by atoms with Gasteiger partial charge in [0.05, 0.1) is 18.8 Å². The number of carbonyl (C=O) groups is 1. The van der Waals surface area contributed by atoms with Gasteiger partial charge in [0.2, 0.25) is 0 Å². The van der Waals surface area contributed by atoms with Gasteiger partial charge in [0.15, 0.2) is 0 Å². The van der Waals surface area contributed by atoms with Gasteiger partial charge in [0.25, 0.3) is 0 Å². The molecule has 0 aromatic carbocycles. The first-order valence-electron chi connectivity index (χ1n) is 6.91. The van der Waals surface area contributed by atoms with Crippen LogP contribution in [0.5, 0.6) is 0 Å². The van der Waals surface area contributed by atoms with Gasteiger partial charge in [-0.2, -0.15) is 0 Å². The standard InChI is InChI=1S/C15H18N2O3/c1-19-15(18)13-6-2-5-12-9-16-14(17(12)13)8-11-4-3-7-20-10-11/h2,5-6,9,11H,3-4,7-8,10H2,1H3. The lowest BCUT2D eigenvalue weighted by atomic mass is 9.98. The highest BCUT2D eigenvalue weighted by Crippen LogP contribution is 2.20. The van der Waals surface area contributed by atoms with Crippen LogP contribution in [0.25, 0.3) is 5.52 Å². The number of imidazole rings is 1. The SMILES string of the molecule is COC(=O)c1cccc2cnc(CC3CCCOC3)n12. The minimum Gasteiger partial charge on any atom is -0.464 e. The van der Waals surface area contributed by atoms with E-state index < -0.39 is 0 Å². The zero-order valence-electron chi connectivity index (χ0n) is 11.5. The zero-order chi connectivity index (χ0) is 13.9. The minimum absolute atomic E-state index is 0.338. The third-order valence-electron chi connectivity index (χ3n) is 3.74. The molecule has 1 atom stereocenters. The molecule has 106 valence electrons. The van der Waals surface area contributed by atoms with Crippen LogP contribution in [-0.4, -0.2) is 35.7 Å². The number of carbonyl (C=O) groups excluding carboxylic acids is 1. The van der Waals surface area contributed by atoms with E-state index in [0.29, 0.717) is 11.6 Å². The van der Waals surface area contributed by atoms with E-state index in [-0.39, 0.29) is 5.97 Å². The van der Waals surface area contributed by atoms with E-state index in [1.165, 1.54) is 7.11 Å². The van der Waals surface area contributed by atoms with Crippen molar-refractivity contribution >= 4 is 11.5 Å². The van der Waals surface area contributed by atoms with Crippen LogP contribution in [0.2, 0.25) is 0 Å². The van der Waals surface area contributed by atoms with Gasteiger partial charge >= 0.3 is 5.97 Å². The molecule has 0 bridgehead atoms. The number of pyridine rings is 1. The summed E-state index contributed by atoms with van der Waals surface area (Å²) in [5, 5.41) is 0. The van der Waals surface area contributed by atoms with Crippen molar-refractivity contribution in [1.82, 2.24) is 9.38 Å². The lowest BCUT2D eigenvalue weighted by Crippen LogP contribution is -2.21. The number of rotatable bonds is 3. The molecule has 20 heavy (non-hydrogen) atoms. The Morgan fingerprint density at radius 3 is 3.20 bits per heavy atom. The lowest BCUT2D eigenvalue weighted by Gasteiger charge is -2.21. The molecule has 5 heteroatoms. The molecule has 0 N–H and O–H groups in total. The molecule has 1 aliphatic heterocycles. The third-order valence-corrected chi connectivity index (χ3v) is 3.74. The maximum atomic E-state index is 11.9. The lowest BCUT2D eigenvalue weighted by molar-refractivity contribution is 0.0540. The minimum atomic E-state index is -0.338. The highest BCUT2D eigenvalue weighted by molar-refractivity contribution is 5.88. The second-order valence-corrected chi connectivity index (χ2v) is 5.12. The van der Waals surface area contributed by atoms with Gasteiger partial charge < -0.3 is 9.47 Å². The maximum absolute atomic E-state index is 11.9. The van der Waals surface area contributed by atoms with E-state index in [1.807, 2.05) is 16.5 Å². The van der Waals surface area contributed by atoms with E-state index in [1.54, 1.807) is 12.3 Å². The summed E-state index contributed by atoms with van der Waals surface area (Å²) < 4.78 is 12.2. The summed E-state index contributed by atoms with van der Waals surface area (Å²) in [4.78, 5) is 16.3. The average Bonchev–Trinajstić information content (AvgIpc) is 2.91. The van der Waals surface area contributed by atoms with Gasteiger partial charge in [-0.1, -0.05) is 6.07 Å². The molecule has 3 rings (SSSR count). The first-order valence-corrected chi connectivity index (χ1v) is 6.91. The fourth-order valence-corrected chi connectivity index (χ4v) is 2.75. The molecule has 0 amide bonds. The Labute approximate surface area is 117 Å². The molecule has 0 aliphatic carbocycles. The van der Waals surface area contributed by atoms with E-state index in [4.69, 9.17) is 9.47 Å². The summed E-state index contributed by atoms with van der Waals surface area (Å²) in [5.74, 6) is 1.03. The molecule has 2 aromatic rings. The zero-order valence-corrected chi connectivity index (χ0v) is 11.5. The highest BCUT2D eigenvalue weighted by atomic mass is 16.5. The average molecular weight is 274 g/mol. The fourth-order valence-electron chi connectivity index (χ4n) is 2.75. The molecule has 3 heterocycles. The highest BCUT2D eigenvalue weighted by Gasteiger charge is 2.19. The molecule has 0 saturated carbocycles. The number of esters is 1. The Balaban J connectivity index is 1.96. The molecule has 0 radical (unpaired) electrons. The largest absolute Gasteiger partial charge is 0.464 e. The van der Waals surface area contributed by atoms with E-state index in [2.05, 4.69) is 4.98 Å². The number of ether oxygens (including phenoxy) is 2. The first-order chi connectivity index (χ1) is 9.79. The van der Waals surface area contributed by atoms with Crippen molar-refractivity contribution in [1.29, 1.82) is 0 Å². The summed E-state index contributed by atoms with van der Waals surface area (Å²) in [7, 11) is 1.40. The van der Waals surface area contributed by atoms with Crippen LogP contribution in [0.15, 0.2) is 24.4 Å². The van der Waals surface area contributed by atoms with Gasteiger partial charge in [0, 0.05) is 19.6 Å². The second-order valence-electron chi connectivity index (χ2n) is 5.12. The number of hydrogen-bond acceptors (Lipinski definition) is 4.